The first-order chi connectivity index (χ1) is 11.2. The Morgan fingerprint density at radius 1 is 1.22 bits per heavy atom. The zero-order valence-corrected chi connectivity index (χ0v) is 14.2. The van der Waals surface area contributed by atoms with Crippen LogP contribution < -0.4 is 5.32 Å². The van der Waals surface area contributed by atoms with Gasteiger partial charge >= 0.3 is 0 Å². The third-order valence-electron chi connectivity index (χ3n) is 4.43. The Kier molecular flexibility index (Phi) is 3.88. The third kappa shape index (κ3) is 3.60. The second kappa shape index (κ2) is 6.03. The summed E-state index contributed by atoms with van der Waals surface area (Å²) < 4.78 is 0.999. The number of nitrogens with one attached hydrogen (secondary N) is 1. The molecule has 1 aromatic carbocycles. The lowest BCUT2D eigenvalue weighted by molar-refractivity contribution is -0.123. The number of aromatic nitrogens is 4. The summed E-state index contributed by atoms with van der Waals surface area (Å²) in [6.45, 7) is 0.124. The number of carbonyl (C=O) groups excluding carboxylic acids is 1. The zero-order valence-electron chi connectivity index (χ0n) is 12.7. The summed E-state index contributed by atoms with van der Waals surface area (Å²) in [5.41, 5.74) is 0.883. The summed E-state index contributed by atoms with van der Waals surface area (Å²) in [7, 11) is 0. The van der Waals surface area contributed by atoms with Crippen molar-refractivity contribution in [2.45, 2.75) is 38.3 Å². The lowest BCUT2D eigenvalue weighted by atomic mass is 10.1. The topological polar surface area (TPSA) is 72.7 Å². The van der Waals surface area contributed by atoms with E-state index in [9.17, 15) is 4.79 Å². The Bertz CT molecular complexity index is 694. The maximum absolute atomic E-state index is 12.2. The van der Waals surface area contributed by atoms with E-state index in [0.717, 1.165) is 10.0 Å². The highest BCUT2D eigenvalue weighted by atomic mass is 79.9. The first kappa shape index (κ1) is 14.8. The predicted octanol–water partition coefficient (Wildman–Crippen LogP) is 2.41. The van der Waals surface area contributed by atoms with Gasteiger partial charge in [0.25, 0.3) is 0 Å². The van der Waals surface area contributed by atoms with Crippen LogP contribution in [0.2, 0.25) is 0 Å². The highest BCUT2D eigenvalue weighted by molar-refractivity contribution is 9.10. The number of halogens is 1. The number of benzene rings is 1. The van der Waals surface area contributed by atoms with E-state index >= 15 is 0 Å². The molecule has 1 heterocycles. The quantitative estimate of drug-likeness (QED) is 0.841. The van der Waals surface area contributed by atoms with Crippen molar-refractivity contribution in [3.63, 3.8) is 0 Å². The molecular weight excluding hydrogens is 358 g/mol. The molecule has 0 radical (unpaired) electrons. The van der Waals surface area contributed by atoms with Crippen LogP contribution in [0.1, 0.15) is 25.7 Å². The lowest BCUT2D eigenvalue weighted by Gasteiger charge is -2.17. The molecule has 4 rings (SSSR count). The van der Waals surface area contributed by atoms with Crippen molar-refractivity contribution in [1.29, 1.82) is 0 Å². The first-order valence-electron chi connectivity index (χ1n) is 8.02. The van der Waals surface area contributed by atoms with E-state index < -0.39 is 0 Å². The van der Waals surface area contributed by atoms with Gasteiger partial charge in [0.05, 0.1) is 0 Å². The van der Waals surface area contributed by atoms with Gasteiger partial charge in [-0.3, -0.25) is 4.79 Å². The zero-order chi connectivity index (χ0) is 15.8. The second-order valence-corrected chi connectivity index (χ2v) is 7.33. The molecule has 2 fully saturated rings. The first-order valence-corrected chi connectivity index (χ1v) is 8.81. The Morgan fingerprint density at radius 3 is 2.48 bits per heavy atom. The van der Waals surface area contributed by atoms with Gasteiger partial charge in [-0.1, -0.05) is 15.9 Å². The summed E-state index contributed by atoms with van der Waals surface area (Å²) in [5, 5.41) is 15.5. The summed E-state index contributed by atoms with van der Waals surface area (Å²) in [6.07, 6.45) is 4.99. The van der Waals surface area contributed by atoms with Crippen LogP contribution in [0, 0.1) is 11.8 Å². The molecule has 2 aliphatic rings. The van der Waals surface area contributed by atoms with Crippen LogP contribution >= 0.6 is 15.9 Å². The molecule has 1 N–H and O–H groups in total. The number of nitrogens with zero attached hydrogens (tertiary/aromatic N) is 4. The summed E-state index contributed by atoms with van der Waals surface area (Å²) in [6, 6.07) is 8.05. The van der Waals surface area contributed by atoms with Gasteiger partial charge in [-0.15, -0.1) is 10.2 Å². The molecule has 0 bridgehead atoms. The van der Waals surface area contributed by atoms with Crippen LogP contribution in [0.4, 0.5) is 0 Å². The fourth-order valence-electron chi connectivity index (χ4n) is 2.92. The maximum Gasteiger partial charge on any atom is 0.243 e. The summed E-state index contributed by atoms with van der Waals surface area (Å²) >= 11 is 3.40. The number of rotatable bonds is 6. The molecule has 2 aliphatic carbocycles. The Morgan fingerprint density at radius 2 is 1.87 bits per heavy atom. The second-order valence-electron chi connectivity index (χ2n) is 6.42. The van der Waals surface area contributed by atoms with E-state index in [2.05, 4.69) is 36.7 Å². The van der Waals surface area contributed by atoms with E-state index in [4.69, 9.17) is 0 Å². The number of hydrogen-bond acceptors (Lipinski definition) is 4. The van der Waals surface area contributed by atoms with Crippen molar-refractivity contribution in [1.82, 2.24) is 25.5 Å². The van der Waals surface area contributed by atoms with Gasteiger partial charge in [0, 0.05) is 16.1 Å². The van der Waals surface area contributed by atoms with Gasteiger partial charge in [0.1, 0.15) is 6.54 Å². The van der Waals surface area contributed by atoms with Crippen LogP contribution in [-0.4, -0.2) is 32.2 Å². The average molecular weight is 376 g/mol. The van der Waals surface area contributed by atoms with E-state index in [1.54, 1.807) is 0 Å². The van der Waals surface area contributed by atoms with Gasteiger partial charge in [0.2, 0.25) is 11.7 Å². The number of hydrogen-bond donors (Lipinski definition) is 1. The predicted molar refractivity (Wildman–Crippen MR) is 88.3 cm³/mol. The standard InChI is InChI=1S/C16H18BrN5O/c17-13-7-5-12(6-8-13)16-19-21-22(20-16)9-14(23)18-15(10-1-2-10)11-3-4-11/h5-8,10-11,15H,1-4,9H2,(H,18,23). The molecule has 2 saturated carbocycles. The lowest BCUT2D eigenvalue weighted by Crippen LogP contribution is -2.40. The fraction of sp³-hybridized carbons (Fsp3) is 0.500. The molecule has 2 aromatic rings. The van der Waals surface area contributed by atoms with Crippen molar-refractivity contribution >= 4 is 21.8 Å². The fourth-order valence-corrected chi connectivity index (χ4v) is 3.18. The highest BCUT2D eigenvalue weighted by Crippen LogP contribution is 2.44. The Balaban J connectivity index is 1.38. The SMILES string of the molecule is O=C(Cn1nnc(-c2ccc(Br)cc2)n1)NC(C1CC1)C1CC1. The molecule has 0 spiro atoms. The van der Waals surface area contributed by atoms with Gasteiger partial charge < -0.3 is 5.32 Å². The van der Waals surface area contributed by atoms with Crippen LogP contribution in [0.3, 0.4) is 0 Å². The molecule has 23 heavy (non-hydrogen) atoms. The molecule has 0 aliphatic heterocycles. The van der Waals surface area contributed by atoms with Gasteiger partial charge in [0.15, 0.2) is 0 Å². The van der Waals surface area contributed by atoms with Crippen LogP contribution in [-0.2, 0) is 11.3 Å². The van der Waals surface area contributed by atoms with Crippen molar-refractivity contribution in [3.05, 3.63) is 28.7 Å². The smallest absolute Gasteiger partial charge is 0.243 e. The molecule has 0 atom stereocenters. The molecule has 120 valence electrons. The van der Waals surface area contributed by atoms with Crippen molar-refractivity contribution < 1.29 is 4.79 Å². The van der Waals surface area contributed by atoms with Gasteiger partial charge in [-0.2, -0.15) is 4.80 Å². The van der Waals surface area contributed by atoms with Crippen LogP contribution in [0.15, 0.2) is 28.7 Å². The normalized spacial score (nSPS) is 17.5. The minimum atomic E-state index is -0.0199. The van der Waals surface area contributed by atoms with Crippen LogP contribution in [0.5, 0.6) is 0 Å². The largest absolute Gasteiger partial charge is 0.351 e. The Hall–Kier alpha value is -1.76. The molecule has 0 unspecified atom stereocenters. The van der Waals surface area contributed by atoms with E-state index in [0.29, 0.717) is 23.7 Å². The van der Waals surface area contributed by atoms with Crippen molar-refractivity contribution in [2.24, 2.45) is 11.8 Å². The molecule has 1 aromatic heterocycles. The highest BCUT2D eigenvalue weighted by Gasteiger charge is 2.42. The minimum absolute atomic E-state index is 0.0199. The minimum Gasteiger partial charge on any atom is -0.351 e. The van der Waals surface area contributed by atoms with E-state index in [1.807, 2.05) is 24.3 Å². The monoisotopic (exact) mass is 375 g/mol. The molecular formula is C16H18BrN5O. The molecule has 1 amide bonds. The third-order valence-corrected chi connectivity index (χ3v) is 4.96. The number of tetrazole rings is 1. The summed E-state index contributed by atoms with van der Waals surface area (Å²) in [4.78, 5) is 13.6. The van der Waals surface area contributed by atoms with Gasteiger partial charge in [-0.25, -0.2) is 0 Å². The maximum atomic E-state index is 12.2. The van der Waals surface area contributed by atoms with Crippen molar-refractivity contribution in [2.75, 3.05) is 0 Å². The Labute approximate surface area is 142 Å². The van der Waals surface area contributed by atoms with Gasteiger partial charge in [-0.05, 0) is 67.0 Å². The van der Waals surface area contributed by atoms with E-state index in [1.165, 1.54) is 30.5 Å². The van der Waals surface area contributed by atoms with Crippen LogP contribution in [0.25, 0.3) is 11.4 Å². The average Bonchev–Trinajstić information content (AvgIpc) is 3.45. The van der Waals surface area contributed by atoms with Crippen molar-refractivity contribution in [3.8, 4) is 11.4 Å². The molecule has 0 saturated heterocycles. The number of carbonyl (C=O) groups is 1. The van der Waals surface area contributed by atoms with E-state index in [-0.39, 0.29) is 12.5 Å². The molecule has 7 heteroatoms. The number of amides is 1. The summed E-state index contributed by atoms with van der Waals surface area (Å²) in [5.74, 6) is 1.89. The molecule has 6 nitrogen and oxygen atoms in total.